The van der Waals surface area contributed by atoms with Crippen LogP contribution in [0.5, 0.6) is 0 Å². The Morgan fingerprint density at radius 1 is 1.12 bits per heavy atom. The predicted molar refractivity (Wildman–Crippen MR) is 128 cm³/mol. The summed E-state index contributed by atoms with van der Waals surface area (Å²) in [6, 6.07) is 19.3. The summed E-state index contributed by atoms with van der Waals surface area (Å²) in [5, 5.41) is 14.0. The minimum Gasteiger partial charge on any atom is -0.350 e. The Hall–Kier alpha value is -3.36. The predicted octanol–water partition coefficient (Wildman–Crippen LogP) is 4.48. The molecule has 0 aliphatic heterocycles. The van der Waals surface area contributed by atoms with Gasteiger partial charge < -0.3 is 4.57 Å². The lowest BCUT2D eigenvalue weighted by molar-refractivity contribution is -0.118. The third-order valence-corrected chi connectivity index (χ3v) is 5.91. The number of halogens is 1. The SMILES string of the molecule is Cc1ccc(-c2nnc(SCC(=O)NN=Cc3cccn3C)n2-c2ccc(Cl)cc2)cc1. The zero-order valence-corrected chi connectivity index (χ0v) is 19.1. The maximum atomic E-state index is 12.3. The topological polar surface area (TPSA) is 77.1 Å². The molecule has 0 saturated carbocycles. The second-order valence-electron chi connectivity index (χ2n) is 7.11. The number of benzene rings is 2. The number of nitrogens with zero attached hydrogens (tertiary/aromatic N) is 5. The van der Waals surface area contributed by atoms with E-state index in [0.29, 0.717) is 16.0 Å². The molecule has 0 spiro atoms. The molecule has 0 aliphatic rings. The number of carbonyl (C=O) groups excluding carboxylic acids is 1. The minimum atomic E-state index is -0.233. The molecular formula is C23H21ClN6OS. The number of aromatic nitrogens is 4. The highest BCUT2D eigenvalue weighted by atomic mass is 35.5. The standard InChI is InChI=1S/C23H21ClN6OS/c1-16-5-7-17(8-6-16)22-27-28-23(30(22)19-11-9-18(24)10-12-19)32-15-21(31)26-25-14-20-4-3-13-29(20)2/h3-14H,15H2,1-2H3,(H,26,31). The first kappa shape index (κ1) is 21.9. The molecule has 7 nitrogen and oxygen atoms in total. The number of rotatable bonds is 7. The fraction of sp³-hybridized carbons (Fsp3) is 0.130. The molecule has 0 radical (unpaired) electrons. The molecule has 1 N–H and O–H groups in total. The van der Waals surface area contributed by atoms with E-state index in [4.69, 9.17) is 11.6 Å². The number of hydrogen-bond donors (Lipinski definition) is 1. The van der Waals surface area contributed by atoms with Gasteiger partial charge in [-0.1, -0.05) is 53.2 Å². The summed E-state index contributed by atoms with van der Waals surface area (Å²) in [6.45, 7) is 2.04. The van der Waals surface area contributed by atoms with Gasteiger partial charge in [0.15, 0.2) is 11.0 Å². The molecule has 0 bridgehead atoms. The zero-order valence-electron chi connectivity index (χ0n) is 17.6. The molecule has 0 fully saturated rings. The smallest absolute Gasteiger partial charge is 0.250 e. The highest BCUT2D eigenvalue weighted by Gasteiger charge is 2.17. The molecule has 0 atom stereocenters. The maximum Gasteiger partial charge on any atom is 0.250 e. The Kier molecular flexibility index (Phi) is 6.72. The molecule has 9 heteroatoms. The number of amides is 1. The van der Waals surface area contributed by atoms with Crippen LogP contribution in [-0.2, 0) is 11.8 Å². The fourth-order valence-electron chi connectivity index (χ4n) is 3.02. The van der Waals surface area contributed by atoms with Crippen molar-refractivity contribution in [3.05, 3.63) is 83.1 Å². The first-order valence-corrected chi connectivity index (χ1v) is 11.2. The third-order valence-electron chi connectivity index (χ3n) is 4.73. The van der Waals surface area contributed by atoms with E-state index in [0.717, 1.165) is 22.5 Å². The summed E-state index contributed by atoms with van der Waals surface area (Å²) in [4.78, 5) is 12.3. The van der Waals surface area contributed by atoms with Crippen LogP contribution >= 0.6 is 23.4 Å². The molecule has 0 unspecified atom stereocenters. The van der Waals surface area contributed by atoms with Gasteiger partial charge in [-0.15, -0.1) is 10.2 Å². The van der Waals surface area contributed by atoms with Gasteiger partial charge in [0.1, 0.15) is 0 Å². The highest BCUT2D eigenvalue weighted by Crippen LogP contribution is 2.28. The van der Waals surface area contributed by atoms with Crippen LogP contribution in [0.1, 0.15) is 11.3 Å². The molecule has 32 heavy (non-hydrogen) atoms. The first-order chi connectivity index (χ1) is 15.5. The second kappa shape index (κ2) is 9.84. The largest absolute Gasteiger partial charge is 0.350 e. The van der Waals surface area contributed by atoms with Gasteiger partial charge in [0.2, 0.25) is 0 Å². The van der Waals surface area contributed by atoms with Crippen molar-refractivity contribution in [2.24, 2.45) is 12.1 Å². The Balaban J connectivity index is 1.53. The van der Waals surface area contributed by atoms with Gasteiger partial charge in [0.25, 0.3) is 5.91 Å². The number of nitrogens with one attached hydrogen (secondary N) is 1. The van der Waals surface area contributed by atoms with Crippen LogP contribution in [0.4, 0.5) is 0 Å². The van der Waals surface area contributed by atoms with E-state index in [9.17, 15) is 4.79 Å². The third kappa shape index (κ3) is 5.09. The summed E-state index contributed by atoms with van der Waals surface area (Å²) in [5.74, 6) is 0.601. The summed E-state index contributed by atoms with van der Waals surface area (Å²) >= 11 is 7.36. The van der Waals surface area contributed by atoms with E-state index < -0.39 is 0 Å². The van der Waals surface area contributed by atoms with Crippen LogP contribution < -0.4 is 5.43 Å². The Morgan fingerprint density at radius 2 is 1.88 bits per heavy atom. The number of hydrogen-bond acceptors (Lipinski definition) is 5. The maximum absolute atomic E-state index is 12.3. The normalized spacial score (nSPS) is 11.2. The lowest BCUT2D eigenvalue weighted by Gasteiger charge is -2.10. The van der Waals surface area contributed by atoms with E-state index in [2.05, 4.69) is 20.7 Å². The van der Waals surface area contributed by atoms with Crippen molar-refractivity contribution >= 4 is 35.5 Å². The average molecular weight is 465 g/mol. The lowest BCUT2D eigenvalue weighted by Crippen LogP contribution is -2.20. The molecule has 2 aromatic carbocycles. The summed E-state index contributed by atoms with van der Waals surface area (Å²) in [7, 11) is 1.91. The van der Waals surface area contributed by atoms with Crippen molar-refractivity contribution in [2.45, 2.75) is 12.1 Å². The van der Waals surface area contributed by atoms with Crippen molar-refractivity contribution in [3.63, 3.8) is 0 Å². The fourth-order valence-corrected chi connectivity index (χ4v) is 3.89. The highest BCUT2D eigenvalue weighted by molar-refractivity contribution is 7.99. The Morgan fingerprint density at radius 3 is 2.56 bits per heavy atom. The number of hydrazone groups is 1. The molecule has 2 heterocycles. The first-order valence-electron chi connectivity index (χ1n) is 9.86. The van der Waals surface area contributed by atoms with Gasteiger partial charge in [-0.3, -0.25) is 9.36 Å². The van der Waals surface area contributed by atoms with Crippen molar-refractivity contribution in [3.8, 4) is 17.1 Å². The number of carbonyl (C=O) groups is 1. The minimum absolute atomic E-state index is 0.143. The summed E-state index contributed by atoms with van der Waals surface area (Å²) in [6.07, 6.45) is 3.52. The van der Waals surface area contributed by atoms with Gasteiger partial charge in [-0.2, -0.15) is 5.10 Å². The van der Waals surface area contributed by atoms with E-state index in [1.54, 1.807) is 6.21 Å². The number of aryl methyl sites for hydroxylation is 2. The van der Waals surface area contributed by atoms with E-state index in [1.807, 2.05) is 90.0 Å². The monoisotopic (exact) mass is 464 g/mol. The van der Waals surface area contributed by atoms with Crippen LogP contribution in [0.25, 0.3) is 17.1 Å². The van der Waals surface area contributed by atoms with Gasteiger partial charge in [-0.25, -0.2) is 5.43 Å². The molecule has 0 saturated heterocycles. The van der Waals surface area contributed by atoms with Crippen molar-refractivity contribution < 1.29 is 4.79 Å². The van der Waals surface area contributed by atoms with E-state index in [1.165, 1.54) is 11.8 Å². The molecule has 162 valence electrons. The lowest BCUT2D eigenvalue weighted by atomic mass is 10.1. The van der Waals surface area contributed by atoms with Gasteiger partial charge in [-0.05, 0) is 43.3 Å². The van der Waals surface area contributed by atoms with Crippen LogP contribution in [-0.4, -0.2) is 37.2 Å². The van der Waals surface area contributed by atoms with Gasteiger partial charge in [0.05, 0.1) is 17.7 Å². The molecule has 0 aliphatic carbocycles. The van der Waals surface area contributed by atoms with Crippen LogP contribution in [0.3, 0.4) is 0 Å². The summed E-state index contributed by atoms with van der Waals surface area (Å²) in [5.41, 5.74) is 6.40. The zero-order chi connectivity index (χ0) is 22.5. The Labute approximate surface area is 195 Å². The van der Waals surface area contributed by atoms with Crippen LogP contribution in [0.2, 0.25) is 5.02 Å². The molecule has 4 rings (SSSR count). The van der Waals surface area contributed by atoms with E-state index >= 15 is 0 Å². The van der Waals surface area contributed by atoms with Crippen molar-refractivity contribution in [1.82, 2.24) is 24.8 Å². The van der Waals surface area contributed by atoms with Crippen molar-refractivity contribution in [1.29, 1.82) is 0 Å². The summed E-state index contributed by atoms with van der Waals surface area (Å²) < 4.78 is 3.83. The van der Waals surface area contributed by atoms with Crippen LogP contribution in [0.15, 0.2) is 77.1 Å². The van der Waals surface area contributed by atoms with E-state index in [-0.39, 0.29) is 11.7 Å². The van der Waals surface area contributed by atoms with Crippen molar-refractivity contribution in [2.75, 3.05) is 5.75 Å². The van der Waals surface area contributed by atoms with Crippen LogP contribution in [0, 0.1) is 6.92 Å². The molecule has 4 aromatic rings. The average Bonchev–Trinajstić information content (AvgIpc) is 3.40. The molecule has 1 amide bonds. The number of thioether (sulfide) groups is 1. The quantitative estimate of drug-likeness (QED) is 0.248. The van der Waals surface area contributed by atoms with Gasteiger partial charge >= 0.3 is 0 Å². The second-order valence-corrected chi connectivity index (χ2v) is 8.49. The Bertz CT molecular complexity index is 1240. The molecular weight excluding hydrogens is 444 g/mol. The van der Waals surface area contributed by atoms with Gasteiger partial charge in [0, 0.05) is 29.5 Å². The molecule has 2 aromatic heterocycles.